The van der Waals surface area contributed by atoms with Crippen molar-refractivity contribution >= 4 is 22.9 Å². The third-order valence-corrected chi connectivity index (χ3v) is 4.78. The number of aromatic amines is 1. The van der Waals surface area contributed by atoms with Gasteiger partial charge in [-0.05, 0) is 31.2 Å². The second-order valence-electron chi connectivity index (χ2n) is 8.13. The number of aromatic nitrogens is 4. The number of fused-ring (bicyclic) bond motifs is 1. The van der Waals surface area contributed by atoms with Crippen LogP contribution in [-0.4, -0.2) is 25.4 Å². The van der Waals surface area contributed by atoms with E-state index in [1.165, 1.54) is 0 Å². The molecule has 0 atom stereocenters. The molecule has 148 valence electrons. The van der Waals surface area contributed by atoms with Crippen molar-refractivity contribution in [1.29, 1.82) is 0 Å². The number of rotatable bonds is 2. The van der Waals surface area contributed by atoms with Crippen molar-refractivity contribution in [3.8, 4) is 5.69 Å². The lowest BCUT2D eigenvalue weighted by Gasteiger charge is -2.14. The Labute approximate surface area is 168 Å². The fourth-order valence-electron chi connectivity index (χ4n) is 3.14. The van der Waals surface area contributed by atoms with Gasteiger partial charge < -0.3 is 4.98 Å². The van der Waals surface area contributed by atoms with Crippen molar-refractivity contribution in [3.05, 3.63) is 76.3 Å². The molecular formula is C22H23N5O2. The first-order valence-corrected chi connectivity index (χ1v) is 9.43. The average Bonchev–Trinajstić information content (AvgIpc) is 3.22. The molecule has 2 aromatic carbocycles. The summed E-state index contributed by atoms with van der Waals surface area (Å²) in [6.07, 6.45) is 0. The summed E-state index contributed by atoms with van der Waals surface area (Å²) in [4.78, 5) is 28.0. The molecule has 0 saturated carbocycles. The van der Waals surface area contributed by atoms with Crippen molar-refractivity contribution in [3.63, 3.8) is 0 Å². The minimum atomic E-state index is -0.541. The first kappa shape index (κ1) is 18.7. The highest BCUT2D eigenvalue weighted by Crippen LogP contribution is 2.26. The number of imidazole rings is 1. The van der Waals surface area contributed by atoms with E-state index in [1.54, 1.807) is 22.9 Å². The fourth-order valence-corrected chi connectivity index (χ4v) is 3.14. The molecule has 0 saturated heterocycles. The standard InChI is InChI=1S/C22H23N5O2/c1-14-9-11-15(12-10-14)27-19(13-18(25-27)22(2,3)4)24-21(29)26-17-8-6-5-7-16(17)23-20(26)28/h5-13H,1-4H3,(H,23,28)(H,24,29). The molecule has 0 aliphatic heterocycles. The smallest absolute Gasteiger partial charge is 0.305 e. The number of para-hydroxylation sites is 2. The number of nitrogens with zero attached hydrogens (tertiary/aromatic N) is 3. The molecule has 2 N–H and O–H groups in total. The van der Waals surface area contributed by atoms with Gasteiger partial charge in [-0.1, -0.05) is 50.6 Å². The van der Waals surface area contributed by atoms with E-state index in [0.29, 0.717) is 16.9 Å². The molecule has 0 fully saturated rings. The highest BCUT2D eigenvalue weighted by atomic mass is 16.2. The molecule has 1 amide bonds. The topological polar surface area (TPSA) is 84.7 Å². The average molecular weight is 389 g/mol. The van der Waals surface area contributed by atoms with Crippen LogP contribution in [0.15, 0.2) is 59.4 Å². The first-order valence-electron chi connectivity index (χ1n) is 9.43. The molecule has 7 nitrogen and oxygen atoms in total. The molecule has 7 heteroatoms. The van der Waals surface area contributed by atoms with Gasteiger partial charge in [0.25, 0.3) is 0 Å². The molecule has 4 aromatic rings. The summed E-state index contributed by atoms with van der Waals surface area (Å²) in [5, 5.41) is 7.56. The fraction of sp³-hybridized carbons (Fsp3) is 0.227. The van der Waals surface area contributed by atoms with Crippen molar-refractivity contribution in [2.75, 3.05) is 5.32 Å². The third kappa shape index (κ3) is 3.47. The van der Waals surface area contributed by atoms with Gasteiger partial charge in [0.2, 0.25) is 0 Å². The monoisotopic (exact) mass is 389 g/mol. The van der Waals surface area contributed by atoms with Gasteiger partial charge in [-0.2, -0.15) is 5.10 Å². The molecule has 4 rings (SSSR count). The Balaban J connectivity index is 1.78. The number of carbonyl (C=O) groups excluding carboxylic acids is 1. The summed E-state index contributed by atoms with van der Waals surface area (Å²) >= 11 is 0. The molecule has 2 aromatic heterocycles. The second kappa shape index (κ2) is 6.77. The van der Waals surface area contributed by atoms with E-state index in [0.717, 1.165) is 21.5 Å². The lowest BCUT2D eigenvalue weighted by Crippen LogP contribution is -2.29. The highest BCUT2D eigenvalue weighted by molar-refractivity contribution is 5.96. The Hall–Kier alpha value is -3.61. The lowest BCUT2D eigenvalue weighted by molar-refractivity contribution is 0.253. The Bertz CT molecular complexity index is 1250. The molecule has 2 heterocycles. The Morgan fingerprint density at radius 3 is 2.45 bits per heavy atom. The molecule has 0 aliphatic carbocycles. The summed E-state index contributed by atoms with van der Waals surface area (Å²) in [5.41, 5.74) is 3.23. The number of H-pyrrole nitrogens is 1. The predicted molar refractivity (Wildman–Crippen MR) is 114 cm³/mol. The first-order chi connectivity index (χ1) is 13.7. The summed E-state index contributed by atoms with van der Waals surface area (Å²) in [7, 11) is 0. The summed E-state index contributed by atoms with van der Waals surface area (Å²) < 4.78 is 2.79. The summed E-state index contributed by atoms with van der Waals surface area (Å²) in [5.74, 6) is 0.501. The molecule has 0 unspecified atom stereocenters. The van der Waals surface area contributed by atoms with Gasteiger partial charge in [-0.3, -0.25) is 5.32 Å². The van der Waals surface area contributed by atoms with Gasteiger partial charge in [0.15, 0.2) is 0 Å². The quantitative estimate of drug-likeness (QED) is 0.539. The minimum absolute atomic E-state index is 0.201. The van der Waals surface area contributed by atoms with Crippen molar-refractivity contribution in [2.24, 2.45) is 0 Å². The van der Waals surface area contributed by atoms with Crippen LogP contribution < -0.4 is 11.0 Å². The lowest BCUT2D eigenvalue weighted by atomic mass is 9.92. The largest absolute Gasteiger partial charge is 0.335 e. The number of benzene rings is 2. The van der Waals surface area contributed by atoms with E-state index in [-0.39, 0.29) is 5.41 Å². The number of amides is 1. The summed E-state index contributed by atoms with van der Waals surface area (Å²) in [6.45, 7) is 8.19. The maximum Gasteiger partial charge on any atom is 0.335 e. The zero-order valence-electron chi connectivity index (χ0n) is 16.9. The van der Waals surface area contributed by atoms with Gasteiger partial charge in [0.1, 0.15) is 5.82 Å². The number of anilines is 1. The van der Waals surface area contributed by atoms with E-state index in [4.69, 9.17) is 5.10 Å². The molecule has 0 bridgehead atoms. The number of aryl methyl sites for hydroxylation is 1. The van der Waals surface area contributed by atoms with E-state index in [1.807, 2.05) is 43.3 Å². The minimum Gasteiger partial charge on any atom is -0.305 e. The van der Waals surface area contributed by atoms with Gasteiger partial charge in [-0.25, -0.2) is 18.8 Å². The number of carbonyl (C=O) groups is 1. The van der Waals surface area contributed by atoms with Crippen molar-refractivity contribution in [1.82, 2.24) is 19.3 Å². The van der Waals surface area contributed by atoms with Crippen LogP contribution in [0.3, 0.4) is 0 Å². The molecule has 0 aliphatic rings. The van der Waals surface area contributed by atoms with E-state index in [9.17, 15) is 9.59 Å². The van der Waals surface area contributed by atoms with Crippen LogP contribution in [0.4, 0.5) is 10.6 Å². The van der Waals surface area contributed by atoms with Gasteiger partial charge in [0.05, 0.1) is 22.4 Å². The maximum absolute atomic E-state index is 13.0. The number of nitrogens with one attached hydrogen (secondary N) is 2. The molecule has 29 heavy (non-hydrogen) atoms. The van der Waals surface area contributed by atoms with Crippen LogP contribution in [-0.2, 0) is 5.41 Å². The predicted octanol–water partition coefficient (Wildman–Crippen LogP) is 4.20. The van der Waals surface area contributed by atoms with Crippen LogP contribution in [0.25, 0.3) is 16.7 Å². The van der Waals surface area contributed by atoms with Gasteiger partial charge in [0, 0.05) is 11.5 Å². The Morgan fingerprint density at radius 1 is 1.07 bits per heavy atom. The molecule has 0 radical (unpaired) electrons. The SMILES string of the molecule is Cc1ccc(-n2nc(C(C)(C)C)cc2NC(=O)n2c(=O)[nH]c3ccccc32)cc1. The van der Waals surface area contributed by atoms with Crippen LogP contribution in [0.1, 0.15) is 32.0 Å². The highest BCUT2D eigenvalue weighted by Gasteiger charge is 2.23. The van der Waals surface area contributed by atoms with E-state index in [2.05, 4.69) is 31.1 Å². The second-order valence-corrected chi connectivity index (χ2v) is 8.13. The Kier molecular flexibility index (Phi) is 4.38. The van der Waals surface area contributed by atoms with Crippen LogP contribution in [0.2, 0.25) is 0 Å². The van der Waals surface area contributed by atoms with Gasteiger partial charge in [-0.15, -0.1) is 0 Å². The number of hydrogen-bond acceptors (Lipinski definition) is 3. The number of hydrogen-bond donors (Lipinski definition) is 2. The zero-order chi connectivity index (χ0) is 20.8. The maximum atomic E-state index is 13.0. The third-order valence-electron chi connectivity index (χ3n) is 4.78. The van der Waals surface area contributed by atoms with E-state index >= 15 is 0 Å². The van der Waals surface area contributed by atoms with Crippen LogP contribution in [0.5, 0.6) is 0 Å². The van der Waals surface area contributed by atoms with Crippen LogP contribution in [0, 0.1) is 6.92 Å². The summed E-state index contributed by atoms with van der Waals surface area (Å²) in [6, 6.07) is 16.3. The molecule has 0 spiro atoms. The molecular weight excluding hydrogens is 366 g/mol. The zero-order valence-corrected chi connectivity index (χ0v) is 16.9. The van der Waals surface area contributed by atoms with E-state index < -0.39 is 11.7 Å². The van der Waals surface area contributed by atoms with Crippen LogP contribution >= 0.6 is 0 Å². The normalized spacial score (nSPS) is 11.7. The van der Waals surface area contributed by atoms with Crippen molar-refractivity contribution < 1.29 is 4.79 Å². The van der Waals surface area contributed by atoms with Gasteiger partial charge >= 0.3 is 11.7 Å². The van der Waals surface area contributed by atoms with Crippen molar-refractivity contribution in [2.45, 2.75) is 33.1 Å². The Morgan fingerprint density at radius 2 is 1.76 bits per heavy atom.